The molecular formula is C15H22O. The Balaban J connectivity index is 2.12. The average molecular weight is 218 g/mol. The van der Waals surface area contributed by atoms with Gasteiger partial charge in [0.1, 0.15) is 0 Å². The van der Waals surface area contributed by atoms with E-state index in [1.54, 1.807) is 0 Å². The van der Waals surface area contributed by atoms with Crippen molar-refractivity contribution in [2.45, 2.75) is 51.6 Å². The van der Waals surface area contributed by atoms with Gasteiger partial charge in [0.15, 0.2) is 0 Å². The molecule has 0 bridgehead atoms. The molecule has 0 radical (unpaired) electrons. The lowest BCUT2D eigenvalue weighted by Crippen LogP contribution is -2.20. The second-order valence-corrected chi connectivity index (χ2v) is 6.01. The predicted octanol–water partition coefficient (Wildman–Crippen LogP) is 3.82. The van der Waals surface area contributed by atoms with Crippen LogP contribution >= 0.6 is 0 Å². The van der Waals surface area contributed by atoms with Crippen molar-refractivity contribution >= 4 is 0 Å². The van der Waals surface area contributed by atoms with Crippen LogP contribution in [0.15, 0.2) is 24.3 Å². The van der Waals surface area contributed by atoms with Crippen molar-refractivity contribution in [2.75, 3.05) is 0 Å². The molecule has 1 heteroatoms. The van der Waals surface area contributed by atoms with E-state index in [-0.39, 0.29) is 11.5 Å². The second-order valence-electron chi connectivity index (χ2n) is 6.01. The van der Waals surface area contributed by atoms with Gasteiger partial charge in [0, 0.05) is 0 Å². The van der Waals surface area contributed by atoms with Gasteiger partial charge >= 0.3 is 0 Å². The van der Waals surface area contributed by atoms with Crippen LogP contribution in [0.25, 0.3) is 0 Å². The van der Waals surface area contributed by atoms with Crippen molar-refractivity contribution < 1.29 is 5.11 Å². The number of benzene rings is 1. The number of hydrogen-bond donors (Lipinski definition) is 1. The molecule has 1 N–H and O–H groups in total. The Bertz CT molecular complexity index is 341. The van der Waals surface area contributed by atoms with Crippen LogP contribution in [0, 0.1) is 5.92 Å². The lowest BCUT2D eigenvalue weighted by molar-refractivity contribution is 0.0621. The lowest BCUT2D eigenvalue weighted by atomic mass is 9.78. The summed E-state index contributed by atoms with van der Waals surface area (Å²) >= 11 is 0. The smallest absolute Gasteiger partial charge is 0.0818 e. The molecule has 1 aliphatic carbocycles. The summed E-state index contributed by atoms with van der Waals surface area (Å²) in [5.41, 5.74) is 2.61. The van der Waals surface area contributed by atoms with E-state index in [1.807, 2.05) is 0 Å². The SMILES string of the molecule is CC(C)(C)c1ccc(C(O)C2CCC2)cc1. The second kappa shape index (κ2) is 4.21. The maximum atomic E-state index is 10.1. The van der Waals surface area contributed by atoms with Crippen LogP contribution in [0.3, 0.4) is 0 Å². The highest BCUT2D eigenvalue weighted by Crippen LogP contribution is 2.37. The molecule has 1 aromatic rings. The van der Waals surface area contributed by atoms with Crippen molar-refractivity contribution in [3.05, 3.63) is 35.4 Å². The Morgan fingerprint density at radius 1 is 1.12 bits per heavy atom. The Labute approximate surface area is 98.5 Å². The van der Waals surface area contributed by atoms with E-state index < -0.39 is 0 Å². The lowest BCUT2D eigenvalue weighted by Gasteiger charge is -2.30. The summed E-state index contributed by atoms with van der Waals surface area (Å²) < 4.78 is 0. The van der Waals surface area contributed by atoms with Crippen LogP contribution in [0.1, 0.15) is 57.3 Å². The Morgan fingerprint density at radius 3 is 2.06 bits per heavy atom. The van der Waals surface area contributed by atoms with Gasteiger partial charge in [-0.05, 0) is 35.3 Å². The fraction of sp³-hybridized carbons (Fsp3) is 0.600. The van der Waals surface area contributed by atoms with E-state index in [2.05, 4.69) is 45.0 Å². The first kappa shape index (κ1) is 11.7. The Morgan fingerprint density at radius 2 is 1.69 bits per heavy atom. The van der Waals surface area contributed by atoms with E-state index in [0.717, 1.165) is 5.56 Å². The summed E-state index contributed by atoms with van der Waals surface area (Å²) in [5, 5.41) is 10.1. The van der Waals surface area contributed by atoms with Gasteiger partial charge in [0.25, 0.3) is 0 Å². The number of aliphatic hydroxyl groups excluding tert-OH is 1. The molecule has 1 unspecified atom stereocenters. The molecule has 1 saturated carbocycles. The summed E-state index contributed by atoms with van der Waals surface area (Å²) in [7, 11) is 0. The fourth-order valence-corrected chi connectivity index (χ4v) is 2.21. The van der Waals surface area contributed by atoms with Crippen molar-refractivity contribution in [3.63, 3.8) is 0 Å². The third-order valence-corrected chi connectivity index (χ3v) is 3.71. The number of hydrogen-bond acceptors (Lipinski definition) is 1. The first-order chi connectivity index (χ1) is 7.48. The zero-order valence-electron chi connectivity index (χ0n) is 10.5. The summed E-state index contributed by atoms with van der Waals surface area (Å²) in [6.45, 7) is 6.64. The highest BCUT2D eigenvalue weighted by atomic mass is 16.3. The van der Waals surface area contributed by atoms with Crippen molar-refractivity contribution in [1.82, 2.24) is 0 Å². The molecule has 0 amide bonds. The van der Waals surface area contributed by atoms with Crippen molar-refractivity contribution in [1.29, 1.82) is 0 Å². The summed E-state index contributed by atoms with van der Waals surface area (Å²) in [5.74, 6) is 0.500. The first-order valence-electron chi connectivity index (χ1n) is 6.27. The maximum Gasteiger partial charge on any atom is 0.0818 e. The van der Waals surface area contributed by atoms with Gasteiger partial charge in [-0.25, -0.2) is 0 Å². The molecule has 1 fully saturated rings. The van der Waals surface area contributed by atoms with E-state index in [1.165, 1.54) is 24.8 Å². The monoisotopic (exact) mass is 218 g/mol. The molecule has 1 atom stereocenters. The van der Waals surface area contributed by atoms with Gasteiger partial charge in [-0.3, -0.25) is 0 Å². The van der Waals surface area contributed by atoms with E-state index in [9.17, 15) is 5.11 Å². The first-order valence-corrected chi connectivity index (χ1v) is 6.27. The van der Waals surface area contributed by atoms with Crippen molar-refractivity contribution in [2.24, 2.45) is 5.92 Å². The van der Waals surface area contributed by atoms with Gasteiger partial charge in [-0.15, -0.1) is 0 Å². The molecule has 1 nitrogen and oxygen atoms in total. The zero-order valence-corrected chi connectivity index (χ0v) is 10.5. The van der Waals surface area contributed by atoms with Crippen LogP contribution in [0.5, 0.6) is 0 Å². The zero-order chi connectivity index (χ0) is 11.8. The maximum absolute atomic E-state index is 10.1. The minimum absolute atomic E-state index is 0.194. The van der Waals surface area contributed by atoms with Gasteiger partial charge < -0.3 is 5.11 Å². The fourth-order valence-electron chi connectivity index (χ4n) is 2.21. The quantitative estimate of drug-likeness (QED) is 0.800. The Hall–Kier alpha value is -0.820. The molecule has 0 heterocycles. The topological polar surface area (TPSA) is 20.2 Å². The largest absolute Gasteiger partial charge is 0.388 e. The van der Waals surface area contributed by atoms with Gasteiger partial charge in [0.05, 0.1) is 6.10 Å². The van der Waals surface area contributed by atoms with Gasteiger partial charge in [-0.2, -0.15) is 0 Å². The number of aliphatic hydroxyl groups is 1. The summed E-state index contributed by atoms with van der Waals surface area (Å²) in [6.07, 6.45) is 3.40. The van der Waals surface area contributed by atoms with Crippen LogP contribution in [0.4, 0.5) is 0 Å². The average Bonchev–Trinajstić information content (AvgIpc) is 2.14. The van der Waals surface area contributed by atoms with Crippen LogP contribution < -0.4 is 0 Å². The van der Waals surface area contributed by atoms with Crippen LogP contribution in [-0.2, 0) is 5.41 Å². The number of rotatable bonds is 2. The van der Waals surface area contributed by atoms with Crippen molar-refractivity contribution in [3.8, 4) is 0 Å². The predicted molar refractivity (Wildman–Crippen MR) is 67.4 cm³/mol. The molecule has 0 spiro atoms. The molecule has 0 aliphatic heterocycles. The van der Waals surface area contributed by atoms with Crippen LogP contribution in [0.2, 0.25) is 0 Å². The van der Waals surface area contributed by atoms with Gasteiger partial charge in [-0.1, -0.05) is 51.5 Å². The van der Waals surface area contributed by atoms with Gasteiger partial charge in [0.2, 0.25) is 0 Å². The normalized spacial score (nSPS) is 19.2. The van der Waals surface area contributed by atoms with E-state index >= 15 is 0 Å². The Kier molecular flexibility index (Phi) is 3.07. The molecule has 16 heavy (non-hydrogen) atoms. The third-order valence-electron chi connectivity index (χ3n) is 3.71. The molecule has 0 aromatic heterocycles. The molecule has 1 aromatic carbocycles. The van der Waals surface area contributed by atoms with Crippen LogP contribution in [-0.4, -0.2) is 5.11 Å². The minimum Gasteiger partial charge on any atom is -0.388 e. The highest BCUT2D eigenvalue weighted by Gasteiger charge is 2.26. The molecule has 2 rings (SSSR count). The molecule has 88 valence electrons. The van der Waals surface area contributed by atoms with E-state index in [4.69, 9.17) is 0 Å². The summed E-state index contributed by atoms with van der Waals surface area (Å²) in [6, 6.07) is 8.47. The third kappa shape index (κ3) is 2.30. The highest BCUT2D eigenvalue weighted by molar-refractivity contribution is 5.29. The molecule has 1 aliphatic rings. The molecule has 0 saturated heterocycles. The van der Waals surface area contributed by atoms with E-state index in [0.29, 0.717) is 5.92 Å². The molecular weight excluding hydrogens is 196 g/mol. The standard InChI is InChI=1S/C15H22O/c1-15(2,3)13-9-7-12(8-10-13)14(16)11-5-4-6-11/h7-11,14,16H,4-6H2,1-3H3. The summed E-state index contributed by atoms with van der Waals surface area (Å²) in [4.78, 5) is 0. The minimum atomic E-state index is -0.247.